The van der Waals surface area contributed by atoms with Crippen LogP contribution in [-0.4, -0.2) is 35.1 Å². The molecule has 0 aliphatic heterocycles. The monoisotopic (exact) mass is 456 g/mol. The van der Waals surface area contributed by atoms with Crippen molar-refractivity contribution in [1.29, 1.82) is 0 Å². The van der Waals surface area contributed by atoms with E-state index in [1.807, 2.05) is 6.92 Å². The maximum atomic E-state index is 13.6. The number of para-hydroxylation sites is 1. The van der Waals surface area contributed by atoms with Gasteiger partial charge in [-0.3, -0.25) is 14.9 Å². The molecule has 0 aliphatic carbocycles. The summed E-state index contributed by atoms with van der Waals surface area (Å²) in [7, 11) is 1.35. The minimum Gasteiger partial charge on any atom is -0.496 e. The number of methoxy groups -OCH3 is 1. The van der Waals surface area contributed by atoms with Gasteiger partial charge in [-0.2, -0.15) is 13.2 Å². The van der Waals surface area contributed by atoms with Crippen molar-refractivity contribution in [2.24, 2.45) is 0 Å². The zero-order valence-corrected chi connectivity index (χ0v) is 18.0. The molecule has 0 unspecified atom stereocenters. The molecule has 1 aromatic carbocycles. The van der Waals surface area contributed by atoms with E-state index < -0.39 is 35.6 Å². The third-order valence-electron chi connectivity index (χ3n) is 5.20. The van der Waals surface area contributed by atoms with E-state index in [9.17, 15) is 28.1 Å². The summed E-state index contributed by atoms with van der Waals surface area (Å²) in [6.07, 6.45) is -1.11. The fourth-order valence-electron chi connectivity index (χ4n) is 3.65. The number of unbranched alkanes of at least 4 members (excludes halogenated alkanes) is 3. The largest absolute Gasteiger partial charge is 0.496 e. The fraction of sp³-hybridized carbons (Fsp3) is 0.500. The lowest BCUT2D eigenvalue weighted by Gasteiger charge is -2.33. The van der Waals surface area contributed by atoms with Crippen molar-refractivity contribution in [2.45, 2.75) is 63.8 Å². The average molecular weight is 456 g/mol. The molecular formula is C22H27F3N2O5. The topological polar surface area (TPSA) is 85.8 Å². The number of hydrogen-bond donors (Lipinski definition) is 0. The van der Waals surface area contributed by atoms with Gasteiger partial charge in [0.1, 0.15) is 11.5 Å². The molecule has 0 aliphatic rings. The molecule has 0 bridgehead atoms. The molecule has 0 spiro atoms. The van der Waals surface area contributed by atoms with Gasteiger partial charge in [0.25, 0.3) is 0 Å². The highest BCUT2D eigenvalue weighted by atomic mass is 19.4. The van der Waals surface area contributed by atoms with E-state index >= 15 is 0 Å². The van der Waals surface area contributed by atoms with Crippen LogP contribution in [0.1, 0.15) is 56.4 Å². The van der Waals surface area contributed by atoms with Gasteiger partial charge in [-0.25, -0.2) is 0 Å². The fourth-order valence-corrected chi connectivity index (χ4v) is 3.65. The summed E-state index contributed by atoms with van der Waals surface area (Å²) in [4.78, 5) is 24.3. The van der Waals surface area contributed by atoms with E-state index in [1.165, 1.54) is 31.6 Å². The third kappa shape index (κ3) is 6.48. The Balaban J connectivity index is 2.53. The first-order valence-corrected chi connectivity index (χ1v) is 10.4. The molecule has 1 heterocycles. The van der Waals surface area contributed by atoms with Crippen LogP contribution < -0.4 is 4.74 Å². The van der Waals surface area contributed by atoms with Crippen LogP contribution in [0.3, 0.4) is 0 Å². The number of nitro groups is 1. The van der Waals surface area contributed by atoms with Crippen LogP contribution in [0.15, 0.2) is 47.1 Å². The molecule has 1 amide bonds. The zero-order valence-electron chi connectivity index (χ0n) is 18.0. The van der Waals surface area contributed by atoms with Crippen LogP contribution >= 0.6 is 0 Å². The molecule has 0 N–H and O–H groups in total. The number of hydrogen-bond acceptors (Lipinski definition) is 5. The molecule has 1 aromatic heterocycles. The lowest BCUT2D eigenvalue weighted by atomic mass is 9.96. The van der Waals surface area contributed by atoms with Gasteiger partial charge in [-0.1, -0.05) is 44.4 Å². The van der Waals surface area contributed by atoms with Gasteiger partial charge in [0.15, 0.2) is 6.04 Å². The molecule has 0 saturated carbocycles. The molecule has 0 saturated heterocycles. The van der Waals surface area contributed by atoms with E-state index in [0.29, 0.717) is 17.7 Å². The summed E-state index contributed by atoms with van der Waals surface area (Å²) < 4.78 is 51.2. The molecule has 10 heteroatoms. The van der Waals surface area contributed by atoms with Crippen LogP contribution in [0.4, 0.5) is 13.2 Å². The summed E-state index contributed by atoms with van der Waals surface area (Å²) in [6, 6.07) is 6.05. The second-order valence-corrected chi connectivity index (χ2v) is 7.40. The van der Waals surface area contributed by atoms with E-state index in [2.05, 4.69) is 0 Å². The summed E-state index contributed by atoms with van der Waals surface area (Å²) in [5, 5.41) is 12.0. The molecule has 176 valence electrons. The quantitative estimate of drug-likeness (QED) is 0.238. The molecule has 0 radical (unpaired) electrons. The Morgan fingerprint density at radius 3 is 2.47 bits per heavy atom. The summed E-state index contributed by atoms with van der Waals surface area (Å²) in [5.41, 5.74) is 0.289. The van der Waals surface area contributed by atoms with Crippen LogP contribution in [0.5, 0.6) is 5.75 Å². The van der Waals surface area contributed by atoms with Gasteiger partial charge >= 0.3 is 12.1 Å². The first kappa shape index (κ1) is 25.2. The Hall–Kier alpha value is -3.04. The van der Waals surface area contributed by atoms with Gasteiger partial charge in [-0.15, -0.1) is 0 Å². The van der Waals surface area contributed by atoms with Gasteiger partial charge in [0, 0.05) is 16.9 Å². The number of alkyl halides is 3. The Morgan fingerprint density at radius 2 is 1.91 bits per heavy atom. The zero-order chi connectivity index (χ0) is 23.7. The van der Waals surface area contributed by atoms with Crippen molar-refractivity contribution in [1.82, 2.24) is 4.90 Å². The van der Waals surface area contributed by atoms with Crippen molar-refractivity contribution in [3.8, 4) is 5.75 Å². The molecule has 0 fully saturated rings. The first-order chi connectivity index (χ1) is 15.2. The number of nitrogens with zero attached hydrogens (tertiary/aromatic N) is 2. The minimum atomic E-state index is -5.23. The standard InChI is InChI=1S/C22H27F3N2O5/c1-3-4-5-6-11-17(27(29)30)20(19-13-9-14-32-19)26(21(28)22(23,24)25)15-16-10-7-8-12-18(16)31-2/h7-10,12-14,17,20H,3-6,11,15H2,1-2H3/t17-,20-/m1/s1. The summed E-state index contributed by atoms with van der Waals surface area (Å²) >= 11 is 0. The molecule has 2 atom stereocenters. The van der Waals surface area contributed by atoms with Gasteiger partial charge < -0.3 is 14.1 Å². The molecule has 32 heavy (non-hydrogen) atoms. The van der Waals surface area contributed by atoms with Crippen LogP contribution in [0.2, 0.25) is 0 Å². The van der Waals surface area contributed by atoms with E-state index in [-0.39, 0.29) is 23.5 Å². The molecule has 7 nitrogen and oxygen atoms in total. The Bertz CT molecular complexity index is 871. The number of carbonyl (C=O) groups is 1. The van der Waals surface area contributed by atoms with Crippen molar-refractivity contribution in [3.63, 3.8) is 0 Å². The molecular weight excluding hydrogens is 429 g/mol. The smallest absolute Gasteiger partial charge is 0.471 e. The average Bonchev–Trinajstić information content (AvgIpc) is 3.28. The minimum absolute atomic E-state index is 0.00588. The van der Waals surface area contributed by atoms with E-state index in [4.69, 9.17) is 9.15 Å². The van der Waals surface area contributed by atoms with Gasteiger partial charge in [-0.05, 0) is 24.6 Å². The first-order valence-electron chi connectivity index (χ1n) is 10.4. The van der Waals surface area contributed by atoms with Gasteiger partial charge in [0.2, 0.25) is 6.04 Å². The van der Waals surface area contributed by atoms with Crippen LogP contribution in [0.25, 0.3) is 0 Å². The highest BCUT2D eigenvalue weighted by Crippen LogP contribution is 2.35. The van der Waals surface area contributed by atoms with E-state index in [1.54, 1.807) is 18.2 Å². The number of benzene rings is 1. The van der Waals surface area contributed by atoms with Crippen LogP contribution in [-0.2, 0) is 11.3 Å². The maximum absolute atomic E-state index is 13.6. The number of rotatable bonds is 12. The second kappa shape index (κ2) is 11.5. The predicted octanol–water partition coefficient (Wildman–Crippen LogP) is 5.54. The van der Waals surface area contributed by atoms with Crippen molar-refractivity contribution < 1.29 is 32.0 Å². The normalized spacial score (nSPS) is 13.4. The highest BCUT2D eigenvalue weighted by Gasteiger charge is 2.50. The summed E-state index contributed by atoms with van der Waals surface area (Å²) in [5.74, 6) is -1.98. The van der Waals surface area contributed by atoms with Crippen molar-refractivity contribution in [2.75, 3.05) is 7.11 Å². The van der Waals surface area contributed by atoms with Crippen molar-refractivity contribution >= 4 is 5.91 Å². The predicted molar refractivity (Wildman–Crippen MR) is 111 cm³/mol. The third-order valence-corrected chi connectivity index (χ3v) is 5.20. The Morgan fingerprint density at radius 1 is 1.19 bits per heavy atom. The number of halogens is 3. The lowest BCUT2D eigenvalue weighted by Crippen LogP contribution is -2.48. The number of carbonyl (C=O) groups excluding carboxylic acids is 1. The second-order valence-electron chi connectivity index (χ2n) is 7.40. The summed E-state index contributed by atoms with van der Waals surface area (Å²) in [6.45, 7) is 1.45. The Kier molecular flexibility index (Phi) is 9.10. The van der Waals surface area contributed by atoms with Gasteiger partial charge in [0.05, 0.1) is 19.9 Å². The highest BCUT2D eigenvalue weighted by molar-refractivity contribution is 5.82. The van der Waals surface area contributed by atoms with Crippen molar-refractivity contribution in [3.05, 3.63) is 64.1 Å². The number of furan rings is 1. The van der Waals surface area contributed by atoms with E-state index in [0.717, 1.165) is 12.8 Å². The maximum Gasteiger partial charge on any atom is 0.471 e. The van der Waals surface area contributed by atoms with Crippen LogP contribution in [0, 0.1) is 10.1 Å². The molecule has 2 aromatic rings. The number of amides is 1. The SMILES string of the molecule is CCCCCC[C@H]([C@H](c1ccco1)N(Cc1ccccc1OC)C(=O)C(F)(F)F)[N+](=O)[O-]. The number of ether oxygens (including phenoxy) is 1. The lowest BCUT2D eigenvalue weighted by molar-refractivity contribution is -0.533. The molecule has 2 rings (SSSR count). The Labute approximate surface area is 184 Å².